The summed E-state index contributed by atoms with van der Waals surface area (Å²) in [5, 5.41) is 2.54. The van der Waals surface area contributed by atoms with Gasteiger partial charge in [0.25, 0.3) is 5.91 Å². The molecule has 1 aliphatic heterocycles. The second-order valence-corrected chi connectivity index (χ2v) is 3.61. The molecule has 2 rings (SSSR count). The summed E-state index contributed by atoms with van der Waals surface area (Å²) >= 11 is 0. The number of nitrogens with one attached hydrogen (secondary N) is 1. The Balaban J connectivity index is 2.03. The normalized spacial score (nSPS) is 15.4. The second kappa shape index (κ2) is 4.78. The van der Waals surface area contributed by atoms with Gasteiger partial charge in [-0.2, -0.15) is 0 Å². The quantitative estimate of drug-likeness (QED) is 0.786. The maximum absolute atomic E-state index is 12.6. The number of carbonyl (C=O) groups excluding carboxylic acids is 2. The van der Waals surface area contributed by atoms with E-state index in [0.29, 0.717) is 18.7 Å². The SMILES string of the molecule is O=C(/C=C/c1ccc(F)cc1)N1CCNC1=O. The lowest BCUT2D eigenvalue weighted by Crippen LogP contribution is -2.32. The van der Waals surface area contributed by atoms with Gasteiger partial charge in [0.1, 0.15) is 5.82 Å². The first-order valence-electron chi connectivity index (χ1n) is 5.20. The topological polar surface area (TPSA) is 49.4 Å². The number of hydrogen-bond donors (Lipinski definition) is 1. The first-order chi connectivity index (χ1) is 8.16. The van der Waals surface area contributed by atoms with E-state index in [9.17, 15) is 14.0 Å². The van der Waals surface area contributed by atoms with E-state index in [1.165, 1.54) is 18.2 Å². The van der Waals surface area contributed by atoms with Gasteiger partial charge in [-0.15, -0.1) is 0 Å². The molecule has 0 unspecified atom stereocenters. The number of benzene rings is 1. The van der Waals surface area contributed by atoms with Crippen LogP contribution in [0.15, 0.2) is 30.3 Å². The largest absolute Gasteiger partial charge is 0.336 e. The molecule has 1 heterocycles. The number of imide groups is 1. The van der Waals surface area contributed by atoms with Crippen LogP contribution in [0.4, 0.5) is 9.18 Å². The highest BCUT2D eigenvalue weighted by atomic mass is 19.1. The highest BCUT2D eigenvalue weighted by molar-refractivity contribution is 6.03. The average molecular weight is 234 g/mol. The molecule has 1 N–H and O–H groups in total. The number of amides is 3. The van der Waals surface area contributed by atoms with E-state index in [1.807, 2.05) is 0 Å². The number of halogens is 1. The van der Waals surface area contributed by atoms with Gasteiger partial charge in [0.2, 0.25) is 0 Å². The van der Waals surface area contributed by atoms with Crippen molar-refractivity contribution in [3.63, 3.8) is 0 Å². The number of rotatable bonds is 2. The van der Waals surface area contributed by atoms with Crippen LogP contribution in [0, 0.1) is 5.82 Å². The number of nitrogens with zero attached hydrogens (tertiary/aromatic N) is 1. The van der Waals surface area contributed by atoms with E-state index >= 15 is 0 Å². The molecule has 1 fully saturated rings. The van der Waals surface area contributed by atoms with Crippen molar-refractivity contribution in [1.29, 1.82) is 0 Å². The van der Waals surface area contributed by atoms with Crippen molar-refractivity contribution in [3.8, 4) is 0 Å². The first-order valence-corrected chi connectivity index (χ1v) is 5.20. The van der Waals surface area contributed by atoms with E-state index in [2.05, 4.69) is 5.32 Å². The van der Waals surface area contributed by atoms with Crippen LogP contribution in [0.5, 0.6) is 0 Å². The molecule has 1 aromatic carbocycles. The Labute approximate surface area is 97.7 Å². The maximum Gasteiger partial charge on any atom is 0.324 e. The monoisotopic (exact) mass is 234 g/mol. The zero-order valence-electron chi connectivity index (χ0n) is 9.02. The number of hydrogen-bond acceptors (Lipinski definition) is 2. The summed E-state index contributed by atoms with van der Waals surface area (Å²) < 4.78 is 12.6. The highest BCUT2D eigenvalue weighted by Crippen LogP contribution is 2.06. The van der Waals surface area contributed by atoms with E-state index in [1.54, 1.807) is 18.2 Å². The lowest BCUT2D eigenvalue weighted by molar-refractivity contribution is -0.122. The highest BCUT2D eigenvalue weighted by Gasteiger charge is 2.23. The molecular formula is C12H11FN2O2. The van der Waals surface area contributed by atoms with Crippen LogP contribution >= 0.6 is 0 Å². The molecule has 5 heteroatoms. The lowest BCUT2D eigenvalue weighted by Gasteiger charge is -2.08. The van der Waals surface area contributed by atoms with E-state index in [4.69, 9.17) is 0 Å². The summed E-state index contributed by atoms with van der Waals surface area (Å²) in [5.41, 5.74) is 0.708. The Bertz CT molecular complexity index is 468. The van der Waals surface area contributed by atoms with E-state index in [0.717, 1.165) is 4.90 Å². The molecule has 1 aliphatic rings. The van der Waals surface area contributed by atoms with Crippen LogP contribution in [0.3, 0.4) is 0 Å². The Morgan fingerprint density at radius 1 is 1.35 bits per heavy atom. The molecule has 3 amide bonds. The van der Waals surface area contributed by atoms with Crippen molar-refractivity contribution >= 4 is 18.0 Å². The third kappa shape index (κ3) is 2.69. The molecule has 0 aliphatic carbocycles. The van der Waals surface area contributed by atoms with Gasteiger partial charge in [-0.05, 0) is 23.8 Å². The zero-order valence-corrected chi connectivity index (χ0v) is 9.02. The molecule has 0 atom stereocenters. The maximum atomic E-state index is 12.6. The molecule has 0 spiro atoms. The van der Waals surface area contributed by atoms with Crippen LogP contribution < -0.4 is 5.32 Å². The summed E-state index contributed by atoms with van der Waals surface area (Å²) in [6, 6.07) is 5.37. The van der Waals surface area contributed by atoms with Crippen molar-refractivity contribution in [2.75, 3.05) is 13.1 Å². The molecule has 0 saturated carbocycles. The third-order valence-electron chi connectivity index (χ3n) is 2.41. The minimum Gasteiger partial charge on any atom is -0.336 e. The van der Waals surface area contributed by atoms with Gasteiger partial charge in [-0.1, -0.05) is 12.1 Å². The molecule has 0 bridgehead atoms. The van der Waals surface area contributed by atoms with Crippen LogP contribution in [0.1, 0.15) is 5.56 Å². The molecule has 1 aromatic rings. The molecule has 17 heavy (non-hydrogen) atoms. The fraction of sp³-hybridized carbons (Fsp3) is 0.167. The van der Waals surface area contributed by atoms with Crippen LogP contribution in [-0.4, -0.2) is 29.9 Å². The Kier molecular flexibility index (Phi) is 3.18. The molecule has 1 saturated heterocycles. The molecule has 0 aromatic heterocycles. The standard InChI is InChI=1S/C12H11FN2O2/c13-10-4-1-9(2-5-10)3-6-11(16)15-8-7-14-12(15)17/h1-6H,7-8H2,(H,14,17)/b6-3+. The Morgan fingerprint density at radius 2 is 2.06 bits per heavy atom. The number of urea groups is 1. The van der Waals surface area contributed by atoms with Crippen molar-refractivity contribution in [1.82, 2.24) is 10.2 Å². The summed E-state index contributed by atoms with van der Waals surface area (Å²) in [7, 11) is 0. The average Bonchev–Trinajstić information content (AvgIpc) is 2.74. The van der Waals surface area contributed by atoms with E-state index in [-0.39, 0.29) is 17.8 Å². The van der Waals surface area contributed by atoms with Crippen molar-refractivity contribution < 1.29 is 14.0 Å². The lowest BCUT2D eigenvalue weighted by atomic mass is 10.2. The predicted octanol–water partition coefficient (Wildman–Crippen LogP) is 1.39. The van der Waals surface area contributed by atoms with Gasteiger partial charge in [-0.3, -0.25) is 9.69 Å². The van der Waals surface area contributed by atoms with Gasteiger partial charge < -0.3 is 5.32 Å². The van der Waals surface area contributed by atoms with Crippen molar-refractivity contribution in [2.24, 2.45) is 0 Å². The fourth-order valence-electron chi connectivity index (χ4n) is 1.51. The van der Waals surface area contributed by atoms with E-state index < -0.39 is 0 Å². The molecule has 4 nitrogen and oxygen atoms in total. The second-order valence-electron chi connectivity index (χ2n) is 3.61. The van der Waals surface area contributed by atoms with Gasteiger partial charge in [0, 0.05) is 19.2 Å². The van der Waals surface area contributed by atoms with Gasteiger partial charge in [-0.25, -0.2) is 9.18 Å². The van der Waals surface area contributed by atoms with Gasteiger partial charge in [0.15, 0.2) is 0 Å². The third-order valence-corrected chi connectivity index (χ3v) is 2.41. The molecule has 88 valence electrons. The Hall–Kier alpha value is -2.17. The molecule has 0 radical (unpaired) electrons. The minimum absolute atomic E-state index is 0.326. The predicted molar refractivity (Wildman–Crippen MR) is 60.5 cm³/mol. The van der Waals surface area contributed by atoms with Crippen molar-refractivity contribution in [2.45, 2.75) is 0 Å². The Morgan fingerprint density at radius 3 is 2.65 bits per heavy atom. The first kappa shape index (κ1) is 11.3. The van der Waals surface area contributed by atoms with Gasteiger partial charge in [0.05, 0.1) is 0 Å². The fourth-order valence-corrected chi connectivity index (χ4v) is 1.51. The zero-order chi connectivity index (χ0) is 12.3. The smallest absolute Gasteiger partial charge is 0.324 e. The summed E-state index contributed by atoms with van der Waals surface area (Å²) in [4.78, 5) is 23.9. The van der Waals surface area contributed by atoms with Crippen LogP contribution in [-0.2, 0) is 4.79 Å². The molecular weight excluding hydrogens is 223 g/mol. The minimum atomic E-state index is -0.376. The van der Waals surface area contributed by atoms with Crippen molar-refractivity contribution in [3.05, 3.63) is 41.7 Å². The summed E-state index contributed by atoms with van der Waals surface area (Å²) in [5.74, 6) is -0.697. The van der Waals surface area contributed by atoms with Gasteiger partial charge >= 0.3 is 6.03 Å². The summed E-state index contributed by atoms with van der Waals surface area (Å²) in [6.07, 6.45) is 2.85. The van der Waals surface area contributed by atoms with Crippen LogP contribution in [0.2, 0.25) is 0 Å². The summed E-state index contributed by atoms with van der Waals surface area (Å²) in [6.45, 7) is 0.861. The van der Waals surface area contributed by atoms with Crippen LogP contribution in [0.25, 0.3) is 6.08 Å². The number of carbonyl (C=O) groups is 2.